The zero-order chi connectivity index (χ0) is 106. The van der Waals surface area contributed by atoms with Gasteiger partial charge in [0.1, 0.15) is 28.7 Å². The van der Waals surface area contributed by atoms with Gasteiger partial charge >= 0.3 is 31.4 Å². The molecule has 1 aliphatic rings. The first-order valence-corrected chi connectivity index (χ1v) is 46.2. The van der Waals surface area contributed by atoms with E-state index in [0.29, 0.717) is 78.6 Å². The molecule has 0 atom stereocenters. The molecule has 0 amide bonds. The van der Waals surface area contributed by atoms with Crippen molar-refractivity contribution in [1.82, 2.24) is 50.7 Å². The van der Waals surface area contributed by atoms with E-state index >= 15 is 0 Å². The first-order valence-electron chi connectivity index (χ1n) is 46.2. The zero-order valence-electron chi connectivity index (χ0n) is 81.1. The van der Waals surface area contributed by atoms with E-state index in [2.05, 4.69) is 171 Å². The van der Waals surface area contributed by atoms with Gasteiger partial charge in [0.15, 0.2) is 0 Å². The summed E-state index contributed by atoms with van der Waals surface area (Å²) in [5.74, 6) is 1.63. The number of morpholine rings is 1. The van der Waals surface area contributed by atoms with Crippen molar-refractivity contribution in [3.05, 3.63) is 359 Å². The Hall–Kier alpha value is -17.5. The summed E-state index contributed by atoms with van der Waals surface area (Å²) in [7, 11) is 1.63. The molecule has 766 valence electrons. The van der Waals surface area contributed by atoms with Crippen LogP contribution in [-0.2, 0) is 17.1 Å². The number of halogens is 15. The number of alkyl halides is 15. The van der Waals surface area contributed by atoms with E-state index < -0.39 is 54.1 Å². The van der Waals surface area contributed by atoms with Gasteiger partial charge in [-0.1, -0.05) is 202 Å². The predicted molar refractivity (Wildman–Crippen MR) is 532 cm³/mol. The van der Waals surface area contributed by atoms with Crippen molar-refractivity contribution in [2.45, 2.75) is 86.8 Å². The third-order valence-corrected chi connectivity index (χ3v) is 23.6. The number of benzene rings is 14. The van der Waals surface area contributed by atoms with E-state index in [4.69, 9.17) is 36.8 Å². The van der Waals surface area contributed by atoms with Crippen LogP contribution in [0.4, 0.5) is 71.5 Å². The topological polar surface area (TPSA) is 253 Å². The second-order valence-corrected chi connectivity index (χ2v) is 33.8. The smallest absolute Gasteiger partial charge is 0.496 e. The molecule has 0 radical (unpaired) electrons. The SMILES string of the molecule is CCOc1ccccc1-c1noc(-c2ccc(-c3ccccc3C)c(C)c2)n1.COc1ccccc1-c1noc(-c2ccc(-c3ccccc3C)c(C)c2)n1.Cc1cc(-c2nc(-c3ccccc3OC(F)(F)F)no2)ccc1-c1ccccc1C(F)(F)F.Cc1ccccc1-c1ccc(-c2nc(-c3ccccc3OC(F)(F)F)no2)cc1C.FC(F)(F)Oc1ccccc1-c1noc(-c2ccc(N3CCOCC3)c(C(F)(F)F)c2)n1. The van der Waals surface area contributed by atoms with E-state index in [1.807, 2.05) is 118 Å². The Balaban J connectivity index is 0.000000134. The van der Waals surface area contributed by atoms with Crippen molar-refractivity contribution in [3.63, 3.8) is 0 Å². The highest BCUT2D eigenvalue weighted by molar-refractivity contribution is 5.80. The molecule has 6 heterocycles. The molecular formula is C113H88F15N11O11. The lowest BCUT2D eigenvalue weighted by Crippen LogP contribution is -2.37. The number of ether oxygens (including phenoxy) is 6. The summed E-state index contributed by atoms with van der Waals surface area (Å²) < 4.78 is 250. The minimum atomic E-state index is -4.94. The van der Waals surface area contributed by atoms with Gasteiger partial charge in [0.25, 0.3) is 29.5 Å². The van der Waals surface area contributed by atoms with Crippen LogP contribution in [0.3, 0.4) is 0 Å². The van der Waals surface area contributed by atoms with Gasteiger partial charge in [0.05, 0.1) is 65.9 Å². The molecule has 0 unspecified atom stereocenters. The molecule has 0 aliphatic carbocycles. The predicted octanol–water partition coefficient (Wildman–Crippen LogP) is 30.8. The summed E-state index contributed by atoms with van der Waals surface area (Å²) in [5.41, 5.74) is 17.8. The minimum Gasteiger partial charge on any atom is -0.496 e. The van der Waals surface area contributed by atoms with Gasteiger partial charge in [0.2, 0.25) is 29.1 Å². The Morgan fingerprint density at radius 3 is 0.800 bits per heavy atom. The standard InChI is InChI=1S/C24H22N2O2.C23H14F6N2O2.C23H17F3N2O2.C23H20N2O2.C20H15F6N3O3/c1-4-27-22-12-8-7-11-21(22)23-25-24(28-26-23)18-13-14-20(17(3)15-18)19-10-6-5-9-16(19)2;1-13-12-14(10-11-15(13)16-6-2-4-8-18(16)22(24,25)26)21-30-20(31-33-21)17-7-3-5-9-19(17)32-23(27,28)29;1-14-7-3-4-8-17(14)18-12-11-16(13-15(18)2)22-27-21(28-30-22)19-9-5-6-10-20(19)29-23(24,25)26;1-15-8-4-5-9-18(15)19-13-12-17(14-16(19)2)23-24-22(25-27-23)20-10-6-7-11-21(20)26-3;21-19(22,23)14-11-12(5-6-15(14)29-7-9-30-10-8-29)18-27-17(28-32-18)13-3-1-2-4-16(13)31-20(24,25)26/h5-15H,4H2,1-3H3;2-12H,1H3;3-13H,1-2H3;4-14H,1-3H3;1-6,11H,7-10H2. The Bertz CT molecular complexity index is 7940. The van der Waals surface area contributed by atoms with Crippen LogP contribution in [0.2, 0.25) is 0 Å². The molecule has 19 aromatic rings. The van der Waals surface area contributed by atoms with E-state index in [0.717, 1.165) is 80.3 Å². The number of para-hydroxylation sites is 5. The number of aryl methyl sites for hydroxylation is 7. The number of hydrogen-bond donors (Lipinski definition) is 0. The summed E-state index contributed by atoms with van der Waals surface area (Å²) in [5, 5.41) is 19.5. The number of anilines is 1. The van der Waals surface area contributed by atoms with E-state index in [1.165, 1.54) is 142 Å². The number of hydrogen-bond acceptors (Lipinski definition) is 22. The molecule has 5 aromatic heterocycles. The van der Waals surface area contributed by atoms with Gasteiger partial charge in [-0.15, -0.1) is 39.5 Å². The maximum Gasteiger partial charge on any atom is 0.573 e. The van der Waals surface area contributed by atoms with Gasteiger partial charge in [0, 0.05) is 46.6 Å². The average molecular weight is 2060 g/mol. The molecule has 0 bridgehead atoms. The van der Waals surface area contributed by atoms with E-state index in [1.54, 1.807) is 31.1 Å². The largest absolute Gasteiger partial charge is 0.573 e. The fourth-order valence-electron chi connectivity index (χ4n) is 16.6. The highest BCUT2D eigenvalue weighted by atomic mass is 19.4. The molecule has 0 N–H and O–H groups in total. The second-order valence-electron chi connectivity index (χ2n) is 33.8. The summed E-state index contributed by atoms with van der Waals surface area (Å²) >= 11 is 0. The number of rotatable bonds is 21. The molecular weight excluding hydrogens is 1970 g/mol. The fraction of sp³-hybridized carbons (Fsp3) is 0.168. The Labute approximate surface area is 847 Å². The van der Waals surface area contributed by atoms with Crippen LogP contribution in [0.1, 0.15) is 57.0 Å². The summed E-state index contributed by atoms with van der Waals surface area (Å²) in [6.45, 7) is 17.9. The van der Waals surface area contributed by atoms with Gasteiger partial charge < -0.3 is 55.9 Å². The average Bonchev–Trinajstić information content (AvgIpc) is 1.79. The van der Waals surface area contributed by atoms with Crippen LogP contribution in [0.15, 0.2) is 332 Å². The van der Waals surface area contributed by atoms with E-state index in [-0.39, 0.29) is 74.4 Å². The highest BCUT2D eigenvalue weighted by Crippen LogP contribution is 2.46. The highest BCUT2D eigenvalue weighted by Gasteiger charge is 2.40. The lowest BCUT2D eigenvalue weighted by atomic mass is 9.94. The molecule has 0 saturated carbocycles. The molecule has 1 saturated heterocycles. The van der Waals surface area contributed by atoms with Crippen LogP contribution in [-0.4, -0.2) is 110 Å². The van der Waals surface area contributed by atoms with E-state index in [9.17, 15) is 65.9 Å². The number of aromatic nitrogens is 10. The lowest BCUT2D eigenvalue weighted by molar-refractivity contribution is -0.275. The normalized spacial score (nSPS) is 12.1. The fourth-order valence-corrected chi connectivity index (χ4v) is 16.6. The maximum atomic E-state index is 13.7. The van der Waals surface area contributed by atoms with Gasteiger partial charge in [-0.05, 0) is 272 Å². The first-order chi connectivity index (χ1) is 71.8. The Morgan fingerprint density at radius 1 is 0.260 bits per heavy atom. The van der Waals surface area contributed by atoms with Gasteiger partial charge in [-0.25, -0.2) is 0 Å². The molecule has 150 heavy (non-hydrogen) atoms. The lowest BCUT2D eigenvalue weighted by Gasteiger charge is -2.31. The Kier molecular flexibility index (Phi) is 32.0. The van der Waals surface area contributed by atoms with Crippen LogP contribution in [0.25, 0.3) is 159 Å². The van der Waals surface area contributed by atoms with Crippen molar-refractivity contribution in [2.24, 2.45) is 0 Å². The molecule has 22 nitrogen and oxygen atoms in total. The monoisotopic (exact) mass is 2060 g/mol. The number of methoxy groups -OCH3 is 1. The van der Waals surface area contributed by atoms with Crippen LogP contribution >= 0.6 is 0 Å². The van der Waals surface area contributed by atoms with Gasteiger partial charge in [-0.2, -0.15) is 51.3 Å². The third-order valence-electron chi connectivity index (χ3n) is 23.6. The maximum absolute atomic E-state index is 13.7. The molecule has 37 heteroatoms. The van der Waals surface area contributed by atoms with Gasteiger partial charge in [-0.3, -0.25) is 0 Å². The van der Waals surface area contributed by atoms with Crippen molar-refractivity contribution in [1.29, 1.82) is 0 Å². The number of nitrogens with zero attached hydrogens (tertiary/aromatic N) is 11. The first kappa shape index (κ1) is 105. The Morgan fingerprint density at radius 2 is 0.507 bits per heavy atom. The molecule has 20 rings (SSSR count). The summed E-state index contributed by atoms with van der Waals surface area (Å²) in [4.78, 5) is 23.1. The molecule has 1 aliphatic heterocycles. The summed E-state index contributed by atoms with van der Waals surface area (Å²) in [6.07, 6.45) is -23.8. The quantitative estimate of drug-likeness (QED) is 0.0606. The van der Waals surface area contributed by atoms with Crippen LogP contribution < -0.4 is 28.6 Å². The zero-order valence-corrected chi connectivity index (χ0v) is 81.1. The molecule has 14 aromatic carbocycles. The second kappa shape index (κ2) is 45.6. The van der Waals surface area contributed by atoms with Crippen molar-refractivity contribution < 1.29 is 117 Å². The van der Waals surface area contributed by atoms with Crippen molar-refractivity contribution in [3.8, 4) is 187 Å². The minimum absolute atomic E-state index is 0.00629. The summed E-state index contributed by atoms with van der Waals surface area (Å²) in [6, 6.07) is 87.9. The van der Waals surface area contributed by atoms with Crippen molar-refractivity contribution in [2.75, 3.05) is 44.9 Å². The third kappa shape index (κ3) is 25.8. The molecule has 1 fully saturated rings. The van der Waals surface area contributed by atoms with Crippen LogP contribution in [0.5, 0.6) is 28.7 Å². The van der Waals surface area contributed by atoms with Crippen molar-refractivity contribution >= 4 is 5.69 Å². The molecule has 0 spiro atoms. The van der Waals surface area contributed by atoms with Crippen LogP contribution in [0, 0.1) is 48.5 Å².